The van der Waals surface area contributed by atoms with Crippen molar-refractivity contribution in [3.8, 4) is 0 Å². The number of oxazole rings is 1. The largest absolute Gasteiger partial charge is 0.417 e. The third-order valence-electron chi connectivity index (χ3n) is 2.99. The van der Waals surface area contributed by atoms with Gasteiger partial charge < -0.3 is 25.1 Å². The van der Waals surface area contributed by atoms with Crippen LogP contribution in [0.25, 0.3) is 11.1 Å². The first-order chi connectivity index (χ1) is 10.0. The minimum absolute atomic E-state index is 0.140. The summed E-state index contributed by atoms with van der Waals surface area (Å²) in [6, 6.07) is 3.24. The van der Waals surface area contributed by atoms with Gasteiger partial charge in [0.2, 0.25) is 5.91 Å². The summed E-state index contributed by atoms with van der Waals surface area (Å²) in [7, 11) is 3.31. The number of methoxy groups -OCH3 is 1. The van der Waals surface area contributed by atoms with E-state index in [4.69, 9.17) is 14.9 Å². The zero-order valence-corrected chi connectivity index (χ0v) is 11.9. The molecule has 0 aliphatic rings. The van der Waals surface area contributed by atoms with Gasteiger partial charge in [0.1, 0.15) is 0 Å². The number of carbonyl (C=O) groups excluding carboxylic acids is 1. The van der Waals surface area contributed by atoms with Gasteiger partial charge in [0.25, 0.3) is 0 Å². The molecule has 1 aromatic heterocycles. The second-order valence-corrected chi connectivity index (χ2v) is 4.62. The lowest BCUT2D eigenvalue weighted by Gasteiger charge is -2.20. The zero-order chi connectivity index (χ0) is 15.4. The molecule has 8 heteroatoms. The van der Waals surface area contributed by atoms with E-state index >= 15 is 0 Å². The lowest BCUT2D eigenvalue weighted by molar-refractivity contribution is -0.119. The first kappa shape index (κ1) is 14.9. The molecule has 1 amide bonds. The van der Waals surface area contributed by atoms with Gasteiger partial charge in [0, 0.05) is 26.8 Å². The van der Waals surface area contributed by atoms with E-state index in [1.807, 2.05) is 0 Å². The second kappa shape index (κ2) is 6.31. The fraction of sp³-hybridized carbons (Fsp3) is 0.385. The molecular formula is C13H18N4O4. The zero-order valence-electron chi connectivity index (χ0n) is 11.9. The summed E-state index contributed by atoms with van der Waals surface area (Å²) >= 11 is 0. The summed E-state index contributed by atoms with van der Waals surface area (Å²) < 4.78 is 9.79. The molecule has 4 N–H and O–H groups in total. The molecule has 0 aliphatic carbocycles. The van der Waals surface area contributed by atoms with Crippen molar-refractivity contribution in [1.29, 1.82) is 0 Å². The van der Waals surface area contributed by atoms with Crippen LogP contribution in [0, 0.1) is 0 Å². The molecule has 0 saturated carbocycles. The Bertz CT molecular complexity index is 691. The number of aromatic nitrogens is 1. The summed E-state index contributed by atoms with van der Waals surface area (Å²) in [5.74, 6) is -0.684. The van der Waals surface area contributed by atoms with Crippen LogP contribution in [0.15, 0.2) is 21.3 Å². The third-order valence-corrected chi connectivity index (χ3v) is 2.99. The molecule has 1 aromatic carbocycles. The second-order valence-electron chi connectivity index (χ2n) is 4.62. The van der Waals surface area contributed by atoms with E-state index in [0.717, 1.165) is 0 Å². The van der Waals surface area contributed by atoms with Gasteiger partial charge in [-0.3, -0.25) is 9.78 Å². The Morgan fingerprint density at radius 3 is 3.00 bits per heavy atom. The number of rotatable bonds is 6. The van der Waals surface area contributed by atoms with E-state index in [1.165, 1.54) is 0 Å². The smallest absolute Gasteiger partial charge is 0.408 e. The number of amides is 1. The van der Waals surface area contributed by atoms with E-state index in [2.05, 4.69) is 10.3 Å². The number of benzene rings is 1. The van der Waals surface area contributed by atoms with Gasteiger partial charge in [0.15, 0.2) is 5.58 Å². The molecule has 1 heterocycles. The van der Waals surface area contributed by atoms with Crippen LogP contribution in [-0.2, 0) is 9.53 Å². The van der Waals surface area contributed by atoms with Crippen LogP contribution < -0.4 is 21.7 Å². The van der Waals surface area contributed by atoms with Crippen molar-refractivity contribution in [3.05, 3.63) is 22.7 Å². The normalized spacial score (nSPS) is 10.8. The molecule has 21 heavy (non-hydrogen) atoms. The highest BCUT2D eigenvalue weighted by molar-refractivity contribution is 5.88. The molecule has 0 unspecified atom stereocenters. The van der Waals surface area contributed by atoms with Crippen LogP contribution in [0.5, 0.6) is 0 Å². The number of nitrogen functional groups attached to an aromatic ring is 1. The summed E-state index contributed by atoms with van der Waals surface area (Å²) in [4.78, 5) is 27.2. The maximum Gasteiger partial charge on any atom is 0.417 e. The van der Waals surface area contributed by atoms with Gasteiger partial charge in [-0.2, -0.15) is 0 Å². The molecule has 0 bridgehead atoms. The monoisotopic (exact) mass is 294 g/mol. The number of hydrogen-bond donors (Lipinski definition) is 3. The maximum atomic E-state index is 11.8. The number of ether oxygens (including phenoxy) is 1. The molecule has 0 radical (unpaired) electrons. The van der Waals surface area contributed by atoms with Crippen molar-refractivity contribution in [2.45, 2.75) is 0 Å². The van der Waals surface area contributed by atoms with Gasteiger partial charge in [-0.1, -0.05) is 0 Å². The lowest BCUT2D eigenvalue weighted by Crippen LogP contribution is -2.36. The number of nitrogens with one attached hydrogen (secondary N) is 2. The van der Waals surface area contributed by atoms with Crippen molar-refractivity contribution in [1.82, 2.24) is 10.3 Å². The minimum Gasteiger partial charge on any atom is -0.408 e. The maximum absolute atomic E-state index is 11.8. The standard InChI is InChI=1S/C13H18N4O4/c1-17(7-12(18)15-3-4-20-2)10-6-9-11(5-8(10)14)21-13(19)16-9/h5-6H,3-4,7,14H2,1-2H3,(H,15,18)(H,16,19). The average Bonchev–Trinajstić information content (AvgIpc) is 2.77. The minimum atomic E-state index is -0.540. The van der Waals surface area contributed by atoms with Gasteiger partial charge >= 0.3 is 5.76 Å². The molecule has 0 saturated heterocycles. The van der Waals surface area contributed by atoms with E-state index in [0.29, 0.717) is 35.6 Å². The Kier molecular flexibility index (Phi) is 4.49. The highest BCUT2D eigenvalue weighted by Gasteiger charge is 2.13. The Balaban J connectivity index is 2.11. The lowest BCUT2D eigenvalue weighted by atomic mass is 10.2. The SMILES string of the molecule is COCCNC(=O)CN(C)c1cc2[nH]c(=O)oc2cc1N. The van der Waals surface area contributed by atoms with E-state index < -0.39 is 5.76 Å². The van der Waals surface area contributed by atoms with Crippen molar-refractivity contribution in [3.63, 3.8) is 0 Å². The van der Waals surface area contributed by atoms with Crippen molar-refractivity contribution in [2.75, 3.05) is 44.5 Å². The van der Waals surface area contributed by atoms with E-state index in [1.54, 1.807) is 31.2 Å². The quantitative estimate of drug-likeness (QED) is 0.506. The summed E-state index contributed by atoms with van der Waals surface area (Å²) in [5, 5.41) is 2.72. The summed E-state index contributed by atoms with van der Waals surface area (Å²) in [6.45, 7) is 1.05. The van der Waals surface area contributed by atoms with E-state index in [9.17, 15) is 9.59 Å². The first-order valence-corrected chi connectivity index (χ1v) is 6.40. The van der Waals surface area contributed by atoms with Crippen LogP contribution >= 0.6 is 0 Å². The van der Waals surface area contributed by atoms with Crippen molar-refractivity contribution < 1.29 is 13.9 Å². The number of nitrogens with zero attached hydrogens (tertiary/aromatic N) is 1. The molecule has 0 aliphatic heterocycles. The van der Waals surface area contributed by atoms with Crippen LogP contribution in [0.1, 0.15) is 0 Å². The van der Waals surface area contributed by atoms with Gasteiger partial charge in [-0.05, 0) is 6.07 Å². The Morgan fingerprint density at radius 2 is 2.29 bits per heavy atom. The van der Waals surface area contributed by atoms with Crippen molar-refractivity contribution in [2.24, 2.45) is 0 Å². The molecule has 0 atom stereocenters. The summed E-state index contributed by atoms with van der Waals surface area (Å²) in [5.41, 5.74) is 7.92. The van der Waals surface area contributed by atoms with Crippen LogP contribution in [0.3, 0.4) is 0 Å². The van der Waals surface area contributed by atoms with Gasteiger partial charge in [-0.15, -0.1) is 0 Å². The Labute approximate surface area is 120 Å². The number of anilines is 2. The molecule has 0 spiro atoms. The molecule has 114 valence electrons. The molecule has 0 fully saturated rings. The number of carbonyl (C=O) groups is 1. The van der Waals surface area contributed by atoms with Crippen LogP contribution in [-0.4, -0.2) is 44.7 Å². The molecule has 2 aromatic rings. The van der Waals surface area contributed by atoms with Crippen LogP contribution in [0.4, 0.5) is 11.4 Å². The average molecular weight is 294 g/mol. The third kappa shape index (κ3) is 3.54. The topological polar surface area (TPSA) is 114 Å². The van der Waals surface area contributed by atoms with Crippen LogP contribution in [0.2, 0.25) is 0 Å². The highest BCUT2D eigenvalue weighted by atomic mass is 16.5. The summed E-state index contributed by atoms with van der Waals surface area (Å²) in [6.07, 6.45) is 0. The van der Waals surface area contributed by atoms with Crippen molar-refractivity contribution >= 4 is 28.4 Å². The molecular weight excluding hydrogens is 276 g/mol. The number of likely N-dealkylation sites (N-methyl/N-ethyl adjacent to an activating group) is 1. The predicted octanol–water partition coefficient (Wildman–Crippen LogP) is -0.0979. The fourth-order valence-electron chi connectivity index (χ4n) is 1.98. The molecule has 8 nitrogen and oxygen atoms in total. The Hall–Kier alpha value is -2.48. The molecule has 2 rings (SSSR count). The number of H-pyrrole nitrogens is 1. The fourth-order valence-corrected chi connectivity index (χ4v) is 1.98. The van der Waals surface area contributed by atoms with Gasteiger partial charge in [0.05, 0.1) is 30.0 Å². The van der Waals surface area contributed by atoms with E-state index in [-0.39, 0.29) is 12.5 Å². The Morgan fingerprint density at radius 1 is 1.52 bits per heavy atom. The van der Waals surface area contributed by atoms with Gasteiger partial charge in [-0.25, -0.2) is 4.79 Å². The number of aromatic amines is 1. The highest BCUT2D eigenvalue weighted by Crippen LogP contribution is 2.26. The number of fused-ring (bicyclic) bond motifs is 1. The first-order valence-electron chi connectivity index (χ1n) is 6.40. The number of hydrogen-bond acceptors (Lipinski definition) is 6. The number of nitrogens with two attached hydrogens (primary N) is 1. The predicted molar refractivity (Wildman–Crippen MR) is 79.4 cm³/mol.